The Morgan fingerprint density at radius 1 is 1.19 bits per heavy atom. The van der Waals surface area contributed by atoms with Crippen molar-refractivity contribution in [1.82, 2.24) is 5.32 Å². The van der Waals surface area contributed by atoms with Crippen LogP contribution in [0.5, 0.6) is 0 Å². The Labute approximate surface area is 129 Å². The van der Waals surface area contributed by atoms with E-state index in [-0.39, 0.29) is 6.04 Å². The van der Waals surface area contributed by atoms with Gasteiger partial charge < -0.3 is 5.32 Å². The van der Waals surface area contributed by atoms with Gasteiger partial charge in [0.1, 0.15) is 0 Å². The molecule has 0 unspecified atom stereocenters. The second-order valence-electron chi connectivity index (χ2n) is 5.42. The molecule has 0 aliphatic carbocycles. The maximum atomic E-state index is 13.2. The summed E-state index contributed by atoms with van der Waals surface area (Å²) in [5.74, 6) is 0.737. The number of halogens is 3. The summed E-state index contributed by atoms with van der Waals surface area (Å²) in [5, 5.41) is 3.15. The molecule has 0 atom stereocenters. The first-order valence-corrected chi connectivity index (χ1v) is 8.39. The van der Waals surface area contributed by atoms with Crippen molar-refractivity contribution in [3.63, 3.8) is 0 Å². The fourth-order valence-corrected chi connectivity index (χ4v) is 2.95. The number of hydrogen-bond donors (Lipinski definition) is 1. The highest BCUT2D eigenvalue weighted by molar-refractivity contribution is 7.99. The number of hydrogen-bond acceptors (Lipinski definition) is 2. The topological polar surface area (TPSA) is 12.0 Å². The molecule has 0 heterocycles. The third kappa shape index (κ3) is 6.74. The lowest BCUT2D eigenvalue weighted by Crippen LogP contribution is -2.22. The van der Waals surface area contributed by atoms with Crippen molar-refractivity contribution in [2.75, 3.05) is 5.75 Å². The van der Waals surface area contributed by atoms with Gasteiger partial charge in [-0.05, 0) is 29.9 Å². The number of alkyl halides is 3. The predicted molar refractivity (Wildman–Crippen MR) is 83.7 cm³/mol. The van der Waals surface area contributed by atoms with Gasteiger partial charge in [0, 0.05) is 17.5 Å². The molecule has 1 aromatic rings. The molecule has 0 bridgehead atoms. The van der Waals surface area contributed by atoms with Crippen LogP contribution in [0.15, 0.2) is 23.1 Å². The average Bonchev–Trinajstić information content (AvgIpc) is 2.41. The number of rotatable bonds is 8. The van der Waals surface area contributed by atoms with E-state index in [0.29, 0.717) is 17.0 Å². The molecule has 5 heteroatoms. The van der Waals surface area contributed by atoms with Crippen LogP contribution in [0, 0.1) is 0 Å². The summed E-state index contributed by atoms with van der Waals surface area (Å²) in [5.41, 5.74) is 0.168. The summed E-state index contributed by atoms with van der Waals surface area (Å²) >= 11 is 1.31. The Morgan fingerprint density at radius 3 is 2.48 bits per heavy atom. The van der Waals surface area contributed by atoms with Crippen molar-refractivity contribution in [1.29, 1.82) is 0 Å². The van der Waals surface area contributed by atoms with E-state index in [1.165, 1.54) is 17.8 Å². The van der Waals surface area contributed by atoms with Gasteiger partial charge in [-0.2, -0.15) is 13.2 Å². The lowest BCUT2D eigenvalue weighted by molar-refractivity contribution is -0.139. The maximum Gasteiger partial charge on any atom is 0.417 e. The summed E-state index contributed by atoms with van der Waals surface area (Å²) in [6.07, 6.45) is -1.20. The second kappa shape index (κ2) is 8.69. The highest BCUT2D eigenvalue weighted by Crippen LogP contribution is 2.37. The average molecular weight is 319 g/mol. The zero-order valence-corrected chi connectivity index (χ0v) is 13.7. The molecular formula is C16H24F3NS. The highest BCUT2D eigenvalue weighted by atomic mass is 32.2. The Kier molecular flexibility index (Phi) is 7.60. The van der Waals surface area contributed by atoms with Gasteiger partial charge in [0.25, 0.3) is 0 Å². The molecule has 0 radical (unpaired) electrons. The van der Waals surface area contributed by atoms with Gasteiger partial charge in [-0.25, -0.2) is 0 Å². The van der Waals surface area contributed by atoms with Gasteiger partial charge >= 0.3 is 6.18 Å². The first-order chi connectivity index (χ1) is 9.84. The van der Waals surface area contributed by atoms with Crippen molar-refractivity contribution >= 4 is 11.8 Å². The van der Waals surface area contributed by atoms with E-state index in [1.54, 1.807) is 12.1 Å². The summed E-state index contributed by atoms with van der Waals surface area (Å²) in [6.45, 7) is 6.50. The first-order valence-electron chi connectivity index (χ1n) is 7.41. The lowest BCUT2D eigenvalue weighted by Gasteiger charge is -2.15. The molecule has 1 nitrogen and oxygen atoms in total. The lowest BCUT2D eigenvalue weighted by atomic mass is 10.1. The van der Waals surface area contributed by atoms with Crippen molar-refractivity contribution in [3.05, 3.63) is 29.3 Å². The summed E-state index contributed by atoms with van der Waals surface area (Å²) in [6, 6.07) is 4.92. The molecule has 0 aliphatic rings. The van der Waals surface area contributed by atoms with E-state index in [9.17, 15) is 13.2 Å². The van der Waals surface area contributed by atoms with Crippen LogP contribution in [0.3, 0.4) is 0 Å². The van der Waals surface area contributed by atoms with Crippen molar-refractivity contribution in [3.8, 4) is 0 Å². The smallest absolute Gasteiger partial charge is 0.310 e. The fourth-order valence-electron chi connectivity index (χ4n) is 1.89. The zero-order valence-electron chi connectivity index (χ0n) is 12.9. The van der Waals surface area contributed by atoms with Crippen LogP contribution in [-0.2, 0) is 12.7 Å². The zero-order chi connectivity index (χ0) is 15.9. The minimum atomic E-state index is -4.29. The summed E-state index contributed by atoms with van der Waals surface area (Å²) in [4.78, 5) is 0.340. The SMILES string of the molecule is CCCCCSc1ccc(CNC(C)C)cc1C(F)(F)F. The largest absolute Gasteiger partial charge is 0.417 e. The van der Waals surface area contributed by atoms with Crippen LogP contribution in [0.4, 0.5) is 13.2 Å². The van der Waals surface area contributed by atoms with Crippen LogP contribution in [0.25, 0.3) is 0 Å². The molecular weight excluding hydrogens is 295 g/mol. The minimum absolute atomic E-state index is 0.252. The Morgan fingerprint density at radius 2 is 1.90 bits per heavy atom. The molecule has 0 saturated carbocycles. The van der Waals surface area contributed by atoms with E-state index in [4.69, 9.17) is 0 Å². The van der Waals surface area contributed by atoms with Crippen molar-refractivity contribution in [2.45, 2.75) is 63.7 Å². The van der Waals surface area contributed by atoms with Crippen molar-refractivity contribution in [2.24, 2.45) is 0 Å². The second-order valence-corrected chi connectivity index (χ2v) is 6.56. The predicted octanol–water partition coefficient (Wildman–Crippen LogP) is 5.49. The number of benzene rings is 1. The summed E-state index contributed by atoms with van der Waals surface area (Å²) < 4.78 is 39.5. The van der Waals surface area contributed by atoms with Gasteiger partial charge in [0.2, 0.25) is 0 Å². The highest BCUT2D eigenvalue weighted by Gasteiger charge is 2.33. The fraction of sp³-hybridized carbons (Fsp3) is 0.625. The molecule has 21 heavy (non-hydrogen) atoms. The quantitative estimate of drug-likeness (QED) is 0.502. The Bertz CT molecular complexity index is 430. The van der Waals surface area contributed by atoms with Gasteiger partial charge in [0.05, 0.1) is 5.56 Å². The standard InChI is InChI=1S/C16H24F3NS/c1-4-5-6-9-21-15-8-7-13(11-20-12(2)3)10-14(15)16(17,18)19/h7-8,10,12,20H,4-6,9,11H2,1-3H3. The molecule has 0 amide bonds. The van der Waals surface area contributed by atoms with Crippen molar-refractivity contribution < 1.29 is 13.2 Å². The summed E-state index contributed by atoms with van der Waals surface area (Å²) in [7, 11) is 0. The third-order valence-electron chi connectivity index (χ3n) is 3.07. The van der Waals surface area contributed by atoms with E-state index < -0.39 is 11.7 Å². The Hall–Kier alpha value is -0.680. The molecule has 120 valence electrons. The van der Waals surface area contributed by atoms with E-state index in [2.05, 4.69) is 12.2 Å². The molecule has 0 fully saturated rings. The maximum absolute atomic E-state index is 13.2. The molecule has 1 N–H and O–H groups in total. The van der Waals surface area contributed by atoms with Gasteiger partial charge in [0.15, 0.2) is 0 Å². The van der Waals surface area contributed by atoms with E-state index >= 15 is 0 Å². The molecule has 1 aromatic carbocycles. The third-order valence-corrected chi connectivity index (χ3v) is 4.23. The van der Waals surface area contributed by atoms with Gasteiger partial charge in [-0.15, -0.1) is 11.8 Å². The number of nitrogens with one attached hydrogen (secondary N) is 1. The van der Waals surface area contributed by atoms with Crippen LogP contribution >= 0.6 is 11.8 Å². The van der Waals surface area contributed by atoms with Gasteiger partial charge in [-0.3, -0.25) is 0 Å². The monoisotopic (exact) mass is 319 g/mol. The number of unbranched alkanes of at least 4 members (excludes halogenated alkanes) is 2. The van der Waals surface area contributed by atoms with E-state index in [1.807, 2.05) is 13.8 Å². The molecule has 0 aliphatic heterocycles. The van der Waals surface area contributed by atoms with Crippen LogP contribution in [-0.4, -0.2) is 11.8 Å². The number of thioether (sulfide) groups is 1. The molecule has 0 aromatic heterocycles. The van der Waals surface area contributed by atoms with Crippen LogP contribution < -0.4 is 5.32 Å². The Balaban J connectivity index is 2.82. The van der Waals surface area contributed by atoms with Crippen LogP contribution in [0.2, 0.25) is 0 Å². The minimum Gasteiger partial charge on any atom is -0.310 e. The normalized spacial score (nSPS) is 12.1. The molecule has 1 rings (SSSR count). The van der Waals surface area contributed by atoms with E-state index in [0.717, 1.165) is 25.0 Å². The molecule has 0 saturated heterocycles. The molecule has 0 spiro atoms. The van der Waals surface area contributed by atoms with Gasteiger partial charge in [-0.1, -0.05) is 39.7 Å². The van der Waals surface area contributed by atoms with Crippen LogP contribution in [0.1, 0.15) is 51.2 Å². The first kappa shape index (κ1) is 18.4.